The van der Waals surface area contributed by atoms with Crippen molar-refractivity contribution in [2.75, 3.05) is 39.3 Å². The third-order valence-electron chi connectivity index (χ3n) is 8.32. The molecule has 0 aromatic heterocycles. The molecular formula is C25H44O23S. The molecule has 0 spiro atoms. The Kier molecular flexibility index (Phi) is 14.4. The van der Waals surface area contributed by atoms with Crippen molar-refractivity contribution < 1.29 is 112 Å². The van der Waals surface area contributed by atoms with Gasteiger partial charge in [-0.3, -0.25) is 4.18 Å². The third-order valence-corrected chi connectivity index (χ3v) is 8.89. The fourth-order valence-electron chi connectivity index (χ4n) is 5.69. The van der Waals surface area contributed by atoms with E-state index in [2.05, 4.69) is 0 Å². The van der Waals surface area contributed by atoms with Gasteiger partial charge < -0.3 is 89.7 Å². The van der Waals surface area contributed by atoms with E-state index in [1.54, 1.807) is 0 Å². The van der Waals surface area contributed by atoms with Gasteiger partial charge in [0, 0.05) is 0 Å². The molecule has 4 rings (SSSR count). The molecule has 0 unspecified atom stereocenters. The molecule has 4 aliphatic heterocycles. The highest BCUT2D eigenvalue weighted by Gasteiger charge is 2.58. The van der Waals surface area contributed by atoms with Gasteiger partial charge in [-0.15, -0.1) is 0 Å². The lowest BCUT2D eigenvalue weighted by Crippen LogP contribution is -2.69. The Labute approximate surface area is 278 Å². The van der Waals surface area contributed by atoms with E-state index in [9.17, 15) is 69.7 Å². The third kappa shape index (κ3) is 9.19. The minimum Gasteiger partial charge on any atom is -0.394 e. The van der Waals surface area contributed by atoms with Gasteiger partial charge in [-0.2, -0.15) is 8.42 Å². The van der Waals surface area contributed by atoms with Gasteiger partial charge in [0.25, 0.3) is 10.1 Å². The van der Waals surface area contributed by atoms with Gasteiger partial charge in [0.1, 0.15) is 92.1 Å². The average molecular weight is 745 g/mol. The van der Waals surface area contributed by atoms with Crippen LogP contribution in [-0.2, 0) is 52.5 Å². The fourth-order valence-corrected chi connectivity index (χ4v) is 6.30. The Hall–Kier alpha value is -0.890. The largest absolute Gasteiger partial charge is 0.394 e. The van der Waals surface area contributed by atoms with Gasteiger partial charge in [0.2, 0.25) is 0 Å². The summed E-state index contributed by atoms with van der Waals surface area (Å²) in [5.41, 5.74) is 0. The van der Waals surface area contributed by atoms with Crippen LogP contribution in [0.5, 0.6) is 0 Å². The molecule has 0 amide bonds. The molecule has 4 heterocycles. The summed E-state index contributed by atoms with van der Waals surface area (Å²) in [6, 6.07) is 0. The molecule has 0 aromatic rings. The van der Waals surface area contributed by atoms with Gasteiger partial charge in [-0.1, -0.05) is 0 Å². The first-order chi connectivity index (χ1) is 23.1. The van der Waals surface area contributed by atoms with Crippen LogP contribution in [0, 0.1) is 0 Å². The van der Waals surface area contributed by atoms with Crippen molar-refractivity contribution in [3.63, 3.8) is 0 Å². The standard InChI is InChI=1S/C25H44O23S/c1-49(38,39)48-22-21-20(46-23-16(36)14(34)13(33)9(4-28)41-23)11(6-40-47-21)43-25(22)45-19-10(5-29)42-24(17(37)15(19)35)44-18(8(31)3-27)12(32)7(30)2-26/h7-37H,2-6H2,1H3/t7-,8+,9+,10+,11+,12+,13+,14-,15+,16+,17+,18+,19+,20+,21-,22+,23+,24+,25+/m0/s1. The lowest BCUT2D eigenvalue weighted by molar-refractivity contribution is -0.463. The number of hydrogen-bond acceptors (Lipinski definition) is 23. The molecule has 23 nitrogen and oxygen atoms in total. The molecular weight excluding hydrogens is 700 g/mol. The Morgan fingerprint density at radius 1 is 0.694 bits per heavy atom. The molecule has 19 atom stereocenters. The quantitative estimate of drug-likeness (QED) is 0.0547. The van der Waals surface area contributed by atoms with Crippen molar-refractivity contribution in [2.24, 2.45) is 0 Å². The second-order valence-corrected chi connectivity index (χ2v) is 13.5. The molecule has 2 bridgehead atoms. The van der Waals surface area contributed by atoms with Gasteiger partial charge in [-0.25, -0.2) is 9.78 Å². The summed E-state index contributed by atoms with van der Waals surface area (Å²) in [4.78, 5) is 10.3. The van der Waals surface area contributed by atoms with Crippen LogP contribution >= 0.6 is 0 Å². The molecule has 4 fully saturated rings. The molecule has 0 saturated carbocycles. The van der Waals surface area contributed by atoms with E-state index in [1.165, 1.54) is 0 Å². The lowest BCUT2D eigenvalue weighted by atomic mass is 9.95. The molecule has 0 aromatic carbocycles. The molecule has 4 aliphatic rings. The first kappa shape index (κ1) is 40.9. The lowest BCUT2D eigenvalue weighted by Gasteiger charge is -2.51. The van der Waals surface area contributed by atoms with Crippen molar-refractivity contribution >= 4 is 10.1 Å². The molecule has 0 radical (unpaired) electrons. The normalized spacial score (nSPS) is 44.2. The zero-order valence-electron chi connectivity index (χ0n) is 25.8. The van der Waals surface area contributed by atoms with Crippen molar-refractivity contribution in [2.45, 2.75) is 117 Å². The summed E-state index contributed by atoms with van der Waals surface area (Å²) in [5, 5.41) is 121. The monoisotopic (exact) mass is 744 g/mol. The second-order valence-electron chi connectivity index (χ2n) is 11.8. The molecule has 24 heteroatoms. The van der Waals surface area contributed by atoms with Crippen LogP contribution in [0.2, 0.25) is 0 Å². The van der Waals surface area contributed by atoms with Crippen LogP contribution in [0.15, 0.2) is 0 Å². The van der Waals surface area contributed by atoms with Crippen LogP contribution in [0.3, 0.4) is 0 Å². The molecule has 12 N–H and O–H groups in total. The average Bonchev–Trinajstić information content (AvgIpc) is 3.07. The number of aliphatic hydroxyl groups is 12. The van der Waals surface area contributed by atoms with Gasteiger partial charge >= 0.3 is 0 Å². The van der Waals surface area contributed by atoms with Crippen molar-refractivity contribution in [3.8, 4) is 0 Å². The minimum atomic E-state index is -4.38. The number of rotatable bonds is 15. The molecule has 4 saturated heterocycles. The highest BCUT2D eigenvalue weighted by molar-refractivity contribution is 7.86. The maximum Gasteiger partial charge on any atom is 0.264 e. The summed E-state index contributed by atoms with van der Waals surface area (Å²) in [6.07, 6.45) is -32.9. The summed E-state index contributed by atoms with van der Waals surface area (Å²) in [6.45, 7) is -4.17. The van der Waals surface area contributed by atoms with Gasteiger partial charge in [0.15, 0.2) is 31.1 Å². The number of hydrogen-bond donors (Lipinski definition) is 12. The highest BCUT2D eigenvalue weighted by Crippen LogP contribution is 2.37. The predicted octanol–water partition coefficient (Wildman–Crippen LogP) is -9.15. The maximum absolute atomic E-state index is 12.3. The fraction of sp³-hybridized carbons (Fsp3) is 1.00. The predicted molar refractivity (Wildman–Crippen MR) is 148 cm³/mol. The Morgan fingerprint density at radius 2 is 1.29 bits per heavy atom. The molecule has 288 valence electrons. The van der Waals surface area contributed by atoms with Crippen LogP contribution < -0.4 is 0 Å². The van der Waals surface area contributed by atoms with Gasteiger partial charge in [-0.05, 0) is 0 Å². The Balaban J connectivity index is 1.55. The van der Waals surface area contributed by atoms with E-state index in [0.717, 1.165) is 0 Å². The zero-order chi connectivity index (χ0) is 36.4. The van der Waals surface area contributed by atoms with Crippen molar-refractivity contribution in [1.82, 2.24) is 0 Å². The number of ether oxygens (including phenoxy) is 6. The van der Waals surface area contributed by atoms with Crippen molar-refractivity contribution in [3.05, 3.63) is 0 Å². The summed E-state index contributed by atoms with van der Waals surface area (Å²) >= 11 is 0. The zero-order valence-corrected chi connectivity index (χ0v) is 26.6. The van der Waals surface area contributed by atoms with E-state index in [-0.39, 0.29) is 0 Å². The SMILES string of the molecule is CS(=O)(=O)O[C@H]1[C@@H](O[C@H]2[C@H](O)[C@@H](O)[C@@H](O[C@@H]([C@H](O)[C@@H](O)CO)[C@H](O)CO)O[C@@H]2CO)O[C@@H]2COO[C@H]1[C@@H]2O[C@H]1O[C@H](CO)[C@@H](O)[C@H](O)[C@H]1O. The van der Waals surface area contributed by atoms with E-state index in [4.69, 9.17) is 42.4 Å². The summed E-state index contributed by atoms with van der Waals surface area (Å²) in [7, 11) is -4.38. The van der Waals surface area contributed by atoms with E-state index in [0.29, 0.717) is 6.26 Å². The molecule has 0 aliphatic carbocycles. The van der Waals surface area contributed by atoms with Crippen LogP contribution in [0.4, 0.5) is 0 Å². The Bertz CT molecular complexity index is 1130. The second kappa shape index (κ2) is 17.3. The highest BCUT2D eigenvalue weighted by atomic mass is 32.2. The van der Waals surface area contributed by atoms with Gasteiger partial charge in [0.05, 0.1) is 32.7 Å². The van der Waals surface area contributed by atoms with E-state index in [1.807, 2.05) is 0 Å². The summed E-state index contributed by atoms with van der Waals surface area (Å²) < 4.78 is 63.4. The first-order valence-electron chi connectivity index (χ1n) is 15.0. The topological polar surface area (TPSA) is 360 Å². The Morgan fingerprint density at radius 3 is 1.88 bits per heavy atom. The number of aliphatic hydroxyl groups excluding tert-OH is 12. The van der Waals surface area contributed by atoms with Crippen LogP contribution in [-0.4, -0.2) is 226 Å². The van der Waals surface area contributed by atoms with Crippen LogP contribution in [0.1, 0.15) is 0 Å². The number of fused-ring (bicyclic) bond motifs is 2. The van der Waals surface area contributed by atoms with Crippen molar-refractivity contribution in [1.29, 1.82) is 0 Å². The molecule has 49 heavy (non-hydrogen) atoms. The summed E-state index contributed by atoms with van der Waals surface area (Å²) in [5.74, 6) is 0. The smallest absolute Gasteiger partial charge is 0.264 e. The van der Waals surface area contributed by atoms with Crippen LogP contribution in [0.25, 0.3) is 0 Å². The minimum absolute atomic E-state index is 0.424. The van der Waals surface area contributed by atoms with E-state index < -0.39 is 160 Å². The maximum atomic E-state index is 12.3. The first-order valence-corrected chi connectivity index (χ1v) is 16.9. The van der Waals surface area contributed by atoms with E-state index >= 15 is 0 Å².